The van der Waals surface area contributed by atoms with E-state index >= 15 is 0 Å². The molecule has 0 radical (unpaired) electrons. The van der Waals surface area contributed by atoms with Crippen LogP contribution in [-0.2, 0) is 9.84 Å². The van der Waals surface area contributed by atoms with Gasteiger partial charge in [0.1, 0.15) is 12.1 Å². The molecule has 2 N–H and O–H groups in total. The van der Waals surface area contributed by atoms with Gasteiger partial charge in [-0.05, 0) is 55.8 Å². The Morgan fingerprint density at radius 2 is 1.82 bits per heavy atom. The van der Waals surface area contributed by atoms with E-state index in [-0.39, 0.29) is 16.8 Å². The number of nitrogens with one attached hydrogen (secondary N) is 2. The van der Waals surface area contributed by atoms with Gasteiger partial charge in [-0.15, -0.1) is 0 Å². The van der Waals surface area contributed by atoms with Crippen LogP contribution in [0.2, 0.25) is 0 Å². The number of rotatable bonds is 6. The summed E-state index contributed by atoms with van der Waals surface area (Å²) in [6.07, 6.45) is 3.44. The summed E-state index contributed by atoms with van der Waals surface area (Å²) in [5, 5.41) is 6.69. The minimum absolute atomic E-state index is 0.113. The van der Waals surface area contributed by atoms with Crippen molar-refractivity contribution in [2.45, 2.75) is 31.2 Å². The zero-order valence-corrected chi connectivity index (χ0v) is 16.7. The Bertz CT molecular complexity index is 1110. The highest BCUT2D eigenvalue weighted by Crippen LogP contribution is 2.25. The van der Waals surface area contributed by atoms with Crippen LogP contribution in [0.15, 0.2) is 53.7 Å². The van der Waals surface area contributed by atoms with Gasteiger partial charge in [0.05, 0.1) is 10.4 Å². The molecular formula is C20H22N4O3S. The van der Waals surface area contributed by atoms with Crippen molar-refractivity contribution in [3.05, 3.63) is 54.4 Å². The lowest BCUT2D eigenvalue weighted by atomic mass is 10.1. The molecule has 0 aliphatic heterocycles. The number of carbonyl (C=O) groups excluding carboxylic acids is 1. The highest BCUT2D eigenvalue weighted by Gasteiger charge is 2.12. The SMILES string of the molecule is CCC(C)NC(=O)c1ccc(Nc2ncnc3ccc(S(C)(=O)=O)cc23)cc1. The molecule has 0 aliphatic carbocycles. The molecule has 0 aliphatic rings. The molecule has 8 heteroatoms. The van der Waals surface area contributed by atoms with Crippen molar-refractivity contribution in [2.75, 3.05) is 11.6 Å². The summed E-state index contributed by atoms with van der Waals surface area (Å²) >= 11 is 0. The topological polar surface area (TPSA) is 101 Å². The molecule has 3 rings (SSSR count). The molecule has 2 aromatic carbocycles. The monoisotopic (exact) mass is 398 g/mol. The summed E-state index contributed by atoms with van der Waals surface area (Å²) in [6.45, 7) is 3.97. The van der Waals surface area contributed by atoms with Crippen LogP contribution in [0.3, 0.4) is 0 Å². The average molecular weight is 398 g/mol. The van der Waals surface area contributed by atoms with E-state index in [2.05, 4.69) is 20.6 Å². The second-order valence-corrected chi connectivity index (χ2v) is 8.67. The summed E-state index contributed by atoms with van der Waals surface area (Å²) in [4.78, 5) is 20.8. The summed E-state index contributed by atoms with van der Waals surface area (Å²) in [7, 11) is -3.34. The molecule has 0 saturated carbocycles. The fourth-order valence-corrected chi connectivity index (χ4v) is 3.26. The minimum atomic E-state index is -3.34. The first-order valence-electron chi connectivity index (χ1n) is 8.90. The molecule has 28 heavy (non-hydrogen) atoms. The number of hydrogen-bond donors (Lipinski definition) is 2. The second-order valence-electron chi connectivity index (χ2n) is 6.66. The average Bonchev–Trinajstić information content (AvgIpc) is 2.67. The minimum Gasteiger partial charge on any atom is -0.350 e. The molecule has 1 heterocycles. The van der Waals surface area contributed by atoms with Gasteiger partial charge in [0, 0.05) is 28.9 Å². The van der Waals surface area contributed by atoms with E-state index in [1.54, 1.807) is 36.4 Å². The first-order valence-corrected chi connectivity index (χ1v) is 10.8. The van der Waals surface area contributed by atoms with Gasteiger partial charge in [-0.25, -0.2) is 18.4 Å². The number of fused-ring (bicyclic) bond motifs is 1. The third kappa shape index (κ3) is 4.45. The van der Waals surface area contributed by atoms with Gasteiger partial charge in [-0.3, -0.25) is 4.79 Å². The molecular weight excluding hydrogens is 376 g/mol. The van der Waals surface area contributed by atoms with E-state index in [1.165, 1.54) is 12.4 Å². The number of carbonyl (C=O) groups is 1. The van der Waals surface area contributed by atoms with Crippen molar-refractivity contribution in [3.63, 3.8) is 0 Å². The predicted octanol–water partition coefficient (Wildman–Crippen LogP) is 3.31. The van der Waals surface area contributed by atoms with Gasteiger partial charge in [0.15, 0.2) is 9.84 Å². The fourth-order valence-electron chi connectivity index (χ4n) is 2.62. The highest BCUT2D eigenvalue weighted by molar-refractivity contribution is 7.90. The van der Waals surface area contributed by atoms with Crippen LogP contribution in [0.4, 0.5) is 11.5 Å². The summed E-state index contributed by atoms with van der Waals surface area (Å²) in [5.74, 6) is 0.374. The Hall–Kier alpha value is -3.00. The maximum absolute atomic E-state index is 12.2. The van der Waals surface area contributed by atoms with E-state index in [0.29, 0.717) is 22.3 Å². The van der Waals surface area contributed by atoms with Crippen LogP contribution in [0, 0.1) is 0 Å². The van der Waals surface area contributed by atoms with Crippen LogP contribution >= 0.6 is 0 Å². The van der Waals surface area contributed by atoms with E-state index in [9.17, 15) is 13.2 Å². The molecule has 0 fully saturated rings. The Balaban J connectivity index is 1.87. The molecule has 3 aromatic rings. The highest BCUT2D eigenvalue weighted by atomic mass is 32.2. The van der Waals surface area contributed by atoms with Crippen LogP contribution in [-0.4, -0.2) is 36.6 Å². The molecule has 146 valence electrons. The molecule has 0 spiro atoms. The Labute approximate surface area is 164 Å². The standard InChI is InChI=1S/C20H22N4O3S/c1-4-13(2)23-20(25)14-5-7-15(8-6-14)24-19-17-11-16(28(3,26)27)9-10-18(17)21-12-22-19/h5-13H,4H2,1-3H3,(H,23,25)(H,21,22,24). The van der Waals surface area contributed by atoms with Crippen molar-refractivity contribution in [1.29, 1.82) is 0 Å². The Morgan fingerprint density at radius 3 is 2.46 bits per heavy atom. The Kier molecular flexibility index (Phi) is 5.60. The zero-order chi connectivity index (χ0) is 20.3. The molecule has 1 atom stereocenters. The first kappa shape index (κ1) is 19.8. The van der Waals surface area contributed by atoms with Crippen LogP contribution in [0.5, 0.6) is 0 Å². The largest absolute Gasteiger partial charge is 0.350 e. The number of sulfone groups is 1. The van der Waals surface area contributed by atoms with E-state index in [4.69, 9.17) is 0 Å². The quantitative estimate of drug-likeness (QED) is 0.661. The molecule has 1 amide bonds. The van der Waals surface area contributed by atoms with E-state index in [1.807, 2.05) is 13.8 Å². The van der Waals surface area contributed by atoms with Crippen molar-refractivity contribution in [2.24, 2.45) is 0 Å². The van der Waals surface area contributed by atoms with Gasteiger partial charge in [0.25, 0.3) is 5.91 Å². The molecule has 1 aromatic heterocycles. The lowest BCUT2D eigenvalue weighted by Gasteiger charge is -2.12. The van der Waals surface area contributed by atoms with Crippen LogP contribution in [0.25, 0.3) is 10.9 Å². The lowest BCUT2D eigenvalue weighted by molar-refractivity contribution is 0.0939. The third-order valence-corrected chi connectivity index (χ3v) is 5.54. The number of anilines is 2. The fraction of sp³-hybridized carbons (Fsp3) is 0.250. The smallest absolute Gasteiger partial charge is 0.251 e. The lowest BCUT2D eigenvalue weighted by Crippen LogP contribution is -2.31. The van der Waals surface area contributed by atoms with Gasteiger partial charge in [0.2, 0.25) is 0 Å². The predicted molar refractivity (Wildman–Crippen MR) is 110 cm³/mol. The summed E-state index contributed by atoms with van der Waals surface area (Å²) in [5.41, 5.74) is 1.93. The number of nitrogens with zero attached hydrogens (tertiary/aromatic N) is 2. The van der Waals surface area contributed by atoms with E-state index < -0.39 is 9.84 Å². The maximum Gasteiger partial charge on any atom is 0.251 e. The maximum atomic E-state index is 12.2. The first-order chi connectivity index (χ1) is 13.3. The van der Waals surface area contributed by atoms with Gasteiger partial charge in [-0.1, -0.05) is 6.92 Å². The molecule has 0 saturated heterocycles. The summed E-state index contributed by atoms with van der Waals surface area (Å²) in [6, 6.07) is 11.9. The normalized spacial score (nSPS) is 12.5. The third-order valence-electron chi connectivity index (χ3n) is 4.43. The van der Waals surface area contributed by atoms with Crippen molar-refractivity contribution < 1.29 is 13.2 Å². The van der Waals surface area contributed by atoms with E-state index in [0.717, 1.165) is 18.4 Å². The van der Waals surface area contributed by atoms with Gasteiger partial charge >= 0.3 is 0 Å². The molecule has 7 nitrogen and oxygen atoms in total. The van der Waals surface area contributed by atoms with Crippen LogP contribution < -0.4 is 10.6 Å². The number of hydrogen-bond acceptors (Lipinski definition) is 6. The number of benzene rings is 2. The second kappa shape index (κ2) is 7.93. The zero-order valence-electron chi connectivity index (χ0n) is 15.9. The summed E-state index contributed by atoms with van der Waals surface area (Å²) < 4.78 is 23.7. The van der Waals surface area contributed by atoms with Crippen molar-refractivity contribution >= 4 is 38.2 Å². The number of amides is 1. The van der Waals surface area contributed by atoms with Gasteiger partial charge in [-0.2, -0.15) is 0 Å². The number of aromatic nitrogens is 2. The Morgan fingerprint density at radius 1 is 1.11 bits per heavy atom. The van der Waals surface area contributed by atoms with Crippen LogP contribution in [0.1, 0.15) is 30.6 Å². The molecule has 0 bridgehead atoms. The molecule has 1 unspecified atom stereocenters. The van der Waals surface area contributed by atoms with Crippen molar-refractivity contribution in [1.82, 2.24) is 15.3 Å². The van der Waals surface area contributed by atoms with Gasteiger partial charge < -0.3 is 10.6 Å². The van der Waals surface area contributed by atoms with Crippen molar-refractivity contribution in [3.8, 4) is 0 Å².